The molecule has 0 saturated heterocycles. The van der Waals surface area contributed by atoms with Crippen molar-refractivity contribution < 1.29 is 19.4 Å². The molecule has 0 radical (unpaired) electrons. The molecule has 2 atom stereocenters. The fourth-order valence-electron chi connectivity index (χ4n) is 2.49. The maximum absolute atomic E-state index is 12.3. The van der Waals surface area contributed by atoms with Crippen LogP contribution in [-0.4, -0.2) is 22.6 Å². The third-order valence-corrected chi connectivity index (χ3v) is 3.47. The molecule has 0 aliphatic heterocycles. The summed E-state index contributed by atoms with van der Waals surface area (Å²) in [5, 5.41) is 11.2. The number of hydrogen-bond donors (Lipinski definition) is 2. The molecule has 122 valence electrons. The Labute approximate surface area is 135 Å². The molecule has 0 aromatic heterocycles. The topological polar surface area (TPSA) is 89.6 Å². The molecule has 2 aromatic carbocycles. The van der Waals surface area contributed by atoms with Crippen LogP contribution in [-0.2, 0) is 14.3 Å². The van der Waals surface area contributed by atoms with Gasteiger partial charge in [0, 0.05) is 0 Å². The van der Waals surface area contributed by atoms with Gasteiger partial charge in [-0.1, -0.05) is 42.5 Å². The second-order valence-electron chi connectivity index (χ2n) is 6.44. The number of carboxylic acid groups (broad SMARTS) is 1. The van der Waals surface area contributed by atoms with Crippen LogP contribution in [0.25, 0.3) is 10.8 Å². The Morgan fingerprint density at radius 2 is 1.70 bits per heavy atom. The first kappa shape index (κ1) is 17.0. The minimum atomic E-state index is -1.46. The Kier molecular flexibility index (Phi) is 4.71. The lowest BCUT2D eigenvalue weighted by atomic mass is 9.90. The minimum absolute atomic E-state index is 0.612. The number of esters is 1. The van der Waals surface area contributed by atoms with Gasteiger partial charge in [0.1, 0.15) is 5.60 Å². The van der Waals surface area contributed by atoms with Crippen LogP contribution in [0.4, 0.5) is 0 Å². The molecular weight excluding hydrogens is 294 g/mol. The van der Waals surface area contributed by atoms with Gasteiger partial charge in [-0.2, -0.15) is 0 Å². The summed E-state index contributed by atoms with van der Waals surface area (Å²) >= 11 is 0. The van der Waals surface area contributed by atoms with Crippen LogP contribution in [0.1, 0.15) is 32.4 Å². The van der Waals surface area contributed by atoms with Crippen LogP contribution in [0.5, 0.6) is 0 Å². The molecule has 0 saturated carbocycles. The average Bonchev–Trinajstić information content (AvgIpc) is 2.44. The molecule has 5 heteroatoms. The van der Waals surface area contributed by atoms with Gasteiger partial charge >= 0.3 is 11.9 Å². The van der Waals surface area contributed by atoms with Gasteiger partial charge < -0.3 is 15.6 Å². The van der Waals surface area contributed by atoms with Gasteiger partial charge in [0.2, 0.25) is 0 Å². The molecule has 0 aliphatic rings. The van der Waals surface area contributed by atoms with E-state index in [1.807, 2.05) is 30.3 Å². The lowest BCUT2D eigenvalue weighted by Crippen LogP contribution is -2.39. The largest absolute Gasteiger partial charge is 0.481 e. The summed E-state index contributed by atoms with van der Waals surface area (Å²) in [6, 6.07) is 12.0. The van der Waals surface area contributed by atoms with Crippen molar-refractivity contribution in [3.8, 4) is 0 Å². The fraction of sp³-hybridized carbons (Fsp3) is 0.333. The lowest BCUT2D eigenvalue weighted by molar-refractivity contribution is -0.167. The Bertz CT molecular complexity index is 728. The highest BCUT2D eigenvalue weighted by molar-refractivity contribution is 5.96. The molecule has 1 unspecified atom stereocenters. The molecular formula is C18H21NO4. The normalized spacial score (nSPS) is 14.3. The van der Waals surface area contributed by atoms with Crippen LogP contribution < -0.4 is 5.73 Å². The quantitative estimate of drug-likeness (QED) is 0.669. The SMILES string of the molecule is CC(C)(C)OC(=O)[C@@H](C(=O)O)C(N)c1cccc2ccccc12. The van der Waals surface area contributed by atoms with Gasteiger partial charge in [0.15, 0.2) is 5.92 Å². The first-order valence-electron chi connectivity index (χ1n) is 7.39. The molecule has 2 aromatic rings. The standard InChI is InChI=1S/C18H21NO4/c1-18(2,3)23-17(22)14(16(20)21)15(19)13-10-6-8-11-7-4-5-9-12(11)13/h4-10,14-15H,19H2,1-3H3,(H,20,21)/t14-,15?/m1/s1. The van der Waals surface area contributed by atoms with Crippen molar-refractivity contribution in [2.24, 2.45) is 11.7 Å². The Hall–Kier alpha value is -2.40. The highest BCUT2D eigenvalue weighted by atomic mass is 16.6. The lowest BCUT2D eigenvalue weighted by Gasteiger charge is -2.25. The van der Waals surface area contributed by atoms with E-state index in [1.165, 1.54) is 0 Å². The second kappa shape index (κ2) is 6.38. The van der Waals surface area contributed by atoms with Crippen LogP contribution in [0.15, 0.2) is 42.5 Å². The number of nitrogens with two attached hydrogens (primary N) is 1. The maximum Gasteiger partial charge on any atom is 0.322 e. The fourth-order valence-corrected chi connectivity index (χ4v) is 2.49. The van der Waals surface area contributed by atoms with E-state index in [-0.39, 0.29) is 0 Å². The van der Waals surface area contributed by atoms with Crippen LogP contribution in [0.3, 0.4) is 0 Å². The molecule has 0 spiro atoms. The smallest absolute Gasteiger partial charge is 0.322 e. The molecule has 0 bridgehead atoms. The predicted molar refractivity (Wildman–Crippen MR) is 87.8 cm³/mol. The maximum atomic E-state index is 12.3. The van der Waals surface area contributed by atoms with Crippen molar-refractivity contribution >= 4 is 22.7 Å². The van der Waals surface area contributed by atoms with E-state index >= 15 is 0 Å². The van der Waals surface area contributed by atoms with Gasteiger partial charge in [0.05, 0.1) is 6.04 Å². The zero-order chi connectivity index (χ0) is 17.2. The molecule has 23 heavy (non-hydrogen) atoms. The number of fused-ring (bicyclic) bond motifs is 1. The van der Waals surface area contributed by atoms with Gasteiger partial charge in [-0.15, -0.1) is 0 Å². The molecule has 5 nitrogen and oxygen atoms in total. The summed E-state index contributed by atoms with van der Waals surface area (Å²) in [5.74, 6) is -3.58. The number of benzene rings is 2. The second-order valence-corrected chi connectivity index (χ2v) is 6.44. The first-order chi connectivity index (χ1) is 10.7. The summed E-state index contributed by atoms with van der Waals surface area (Å²) in [6.07, 6.45) is 0. The zero-order valence-corrected chi connectivity index (χ0v) is 13.4. The number of carbonyl (C=O) groups excluding carboxylic acids is 1. The third kappa shape index (κ3) is 3.87. The van der Waals surface area contributed by atoms with E-state index in [9.17, 15) is 14.7 Å². The predicted octanol–water partition coefficient (Wildman–Crippen LogP) is 2.88. The minimum Gasteiger partial charge on any atom is -0.481 e. The molecule has 0 aliphatic carbocycles. The van der Waals surface area contributed by atoms with E-state index in [2.05, 4.69) is 0 Å². The summed E-state index contributed by atoms with van der Waals surface area (Å²) in [4.78, 5) is 23.9. The molecule has 0 heterocycles. The first-order valence-corrected chi connectivity index (χ1v) is 7.39. The number of carbonyl (C=O) groups is 2. The summed E-state index contributed by atoms with van der Waals surface area (Å²) in [6.45, 7) is 5.06. The van der Waals surface area contributed by atoms with Crippen LogP contribution >= 0.6 is 0 Å². The Morgan fingerprint density at radius 3 is 2.30 bits per heavy atom. The highest BCUT2D eigenvalue weighted by Gasteiger charge is 2.37. The van der Waals surface area contributed by atoms with E-state index < -0.39 is 29.5 Å². The van der Waals surface area contributed by atoms with Crippen molar-refractivity contribution in [2.45, 2.75) is 32.4 Å². The van der Waals surface area contributed by atoms with Crippen molar-refractivity contribution in [2.75, 3.05) is 0 Å². The number of carboxylic acids is 1. The zero-order valence-electron chi connectivity index (χ0n) is 13.4. The van der Waals surface area contributed by atoms with Crippen LogP contribution in [0, 0.1) is 5.92 Å². The number of rotatable bonds is 4. The van der Waals surface area contributed by atoms with Crippen molar-refractivity contribution in [3.63, 3.8) is 0 Å². The molecule has 0 amide bonds. The summed E-state index contributed by atoms with van der Waals surface area (Å²) in [5.41, 5.74) is 5.98. The van der Waals surface area contributed by atoms with E-state index in [0.717, 1.165) is 10.8 Å². The van der Waals surface area contributed by atoms with E-state index in [1.54, 1.807) is 32.9 Å². The Balaban J connectivity index is 2.43. The van der Waals surface area contributed by atoms with E-state index in [4.69, 9.17) is 10.5 Å². The van der Waals surface area contributed by atoms with Gasteiger partial charge in [0.25, 0.3) is 0 Å². The van der Waals surface area contributed by atoms with Crippen molar-refractivity contribution in [3.05, 3.63) is 48.0 Å². The third-order valence-electron chi connectivity index (χ3n) is 3.47. The number of hydrogen-bond acceptors (Lipinski definition) is 4. The Morgan fingerprint density at radius 1 is 1.09 bits per heavy atom. The van der Waals surface area contributed by atoms with Gasteiger partial charge in [-0.05, 0) is 37.1 Å². The summed E-state index contributed by atoms with van der Waals surface area (Å²) < 4.78 is 5.22. The highest BCUT2D eigenvalue weighted by Crippen LogP contribution is 2.29. The number of ether oxygens (including phenoxy) is 1. The van der Waals surface area contributed by atoms with Crippen LogP contribution in [0.2, 0.25) is 0 Å². The summed E-state index contributed by atoms with van der Waals surface area (Å²) in [7, 11) is 0. The molecule has 3 N–H and O–H groups in total. The van der Waals surface area contributed by atoms with Crippen molar-refractivity contribution in [1.29, 1.82) is 0 Å². The van der Waals surface area contributed by atoms with Crippen molar-refractivity contribution in [1.82, 2.24) is 0 Å². The van der Waals surface area contributed by atoms with E-state index in [0.29, 0.717) is 5.56 Å². The monoisotopic (exact) mass is 315 g/mol. The van der Waals surface area contributed by atoms with Gasteiger partial charge in [-0.25, -0.2) is 0 Å². The van der Waals surface area contributed by atoms with Gasteiger partial charge in [-0.3, -0.25) is 9.59 Å². The molecule has 0 fully saturated rings. The average molecular weight is 315 g/mol. The number of aliphatic carboxylic acids is 1. The molecule has 2 rings (SSSR count).